The monoisotopic (exact) mass is 380 g/mol. The summed E-state index contributed by atoms with van der Waals surface area (Å²) in [4.78, 5) is 37.5. The van der Waals surface area contributed by atoms with Gasteiger partial charge in [-0.15, -0.1) is 11.8 Å². The number of non-ortho nitro benzene ring substituents is 1. The van der Waals surface area contributed by atoms with Gasteiger partial charge in [-0.3, -0.25) is 14.9 Å². The predicted molar refractivity (Wildman–Crippen MR) is 100 cm³/mol. The number of ether oxygens (including phenoxy) is 1. The Balaban J connectivity index is 2.27. The van der Waals surface area contributed by atoms with Gasteiger partial charge in [0.25, 0.3) is 11.6 Å². The molecular weight excluding hydrogens is 356 g/mol. The number of nitrogens with zero attached hydrogens (tertiary/aromatic N) is 2. The molecule has 142 valence electrons. The first-order valence-corrected chi connectivity index (χ1v) is 9.77. The summed E-state index contributed by atoms with van der Waals surface area (Å²) in [6.45, 7) is 6.31. The molecule has 1 aliphatic rings. The number of unbranched alkanes of at least 4 members (excludes halogenated alkanes) is 1. The van der Waals surface area contributed by atoms with Crippen LogP contribution in [0.3, 0.4) is 0 Å². The van der Waals surface area contributed by atoms with Crippen LogP contribution in [0.2, 0.25) is 0 Å². The van der Waals surface area contributed by atoms with E-state index >= 15 is 0 Å². The Labute approximate surface area is 157 Å². The average Bonchev–Trinajstić information content (AvgIpc) is 3.06. The van der Waals surface area contributed by atoms with E-state index in [0.717, 1.165) is 12.8 Å². The minimum atomic E-state index is -0.670. The first-order valence-electron chi connectivity index (χ1n) is 8.72. The zero-order valence-corrected chi connectivity index (χ0v) is 16.0. The fourth-order valence-corrected chi connectivity index (χ4v) is 4.26. The molecule has 1 heterocycles. The van der Waals surface area contributed by atoms with Crippen LogP contribution in [0.5, 0.6) is 0 Å². The Morgan fingerprint density at radius 1 is 1.42 bits per heavy atom. The third-order valence-corrected chi connectivity index (χ3v) is 5.78. The molecule has 2 rings (SSSR count). The van der Waals surface area contributed by atoms with E-state index in [1.807, 2.05) is 20.8 Å². The van der Waals surface area contributed by atoms with E-state index in [2.05, 4.69) is 0 Å². The molecule has 0 saturated carbocycles. The Kier molecular flexibility index (Phi) is 7.02. The molecule has 1 aliphatic heterocycles. The summed E-state index contributed by atoms with van der Waals surface area (Å²) in [5.74, 6) is -0.187. The van der Waals surface area contributed by atoms with Gasteiger partial charge in [-0.2, -0.15) is 0 Å². The van der Waals surface area contributed by atoms with Crippen LogP contribution >= 0.6 is 11.8 Å². The van der Waals surface area contributed by atoms with Crippen molar-refractivity contribution < 1.29 is 19.2 Å². The number of esters is 1. The van der Waals surface area contributed by atoms with Crippen LogP contribution in [0, 0.1) is 16.0 Å². The number of hydrogen-bond donors (Lipinski definition) is 0. The Bertz CT molecular complexity index is 679. The lowest BCUT2D eigenvalue weighted by Crippen LogP contribution is -2.47. The Hall–Kier alpha value is -2.09. The summed E-state index contributed by atoms with van der Waals surface area (Å²) in [5.41, 5.74) is 0.0598. The zero-order valence-electron chi connectivity index (χ0n) is 15.2. The van der Waals surface area contributed by atoms with Crippen LogP contribution in [0.15, 0.2) is 24.3 Å². The van der Waals surface area contributed by atoms with Crippen LogP contribution in [0.25, 0.3) is 0 Å². The number of carbonyl (C=O) groups excluding carboxylic acids is 2. The van der Waals surface area contributed by atoms with E-state index in [1.165, 1.54) is 40.9 Å². The molecule has 0 N–H and O–H groups in total. The van der Waals surface area contributed by atoms with Crippen molar-refractivity contribution in [1.82, 2.24) is 4.90 Å². The van der Waals surface area contributed by atoms with Gasteiger partial charge in [0.15, 0.2) is 0 Å². The van der Waals surface area contributed by atoms with E-state index in [-0.39, 0.29) is 28.4 Å². The minimum Gasteiger partial charge on any atom is -0.464 e. The van der Waals surface area contributed by atoms with Gasteiger partial charge in [0.2, 0.25) is 0 Å². The number of benzene rings is 1. The largest absolute Gasteiger partial charge is 0.464 e. The van der Waals surface area contributed by atoms with Gasteiger partial charge in [-0.1, -0.05) is 33.3 Å². The highest BCUT2D eigenvalue weighted by molar-refractivity contribution is 8.00. The fraction of sp³-hybridized carbons (Fsp3) is 0.556. The smallest absolute Gasteiger partial charge is 0.329 e. The quantitative estimate of drug-likeness (QED) is 0.311. The maximum Gasteiger partial charge on any atom is 0.329 e. The van der Waals surface area contributed by atoms with E-state index < -0.39 is 16.9 Å². The second kappa shape index (κ2) is 9.02. The van der Waals surface area contributed by atoms with Crippen molar-refractivity contribution in [3.8, 4) is 0 Å². The van der Waals surface area contributed by atoms with Crippen molar-refractivity contribution in [1.29, 1.82) is 0 Å². The van der Waals surface area contributed by atoms with Crippen molar-refractivity contribution in [3.63, 3.8) is 0 Å². The molecule has 2 atom stereocenters. The van der Waals surface area contributed by atoms with Crippen molar-refractivity contribution in [2.45, 2.75) is 45.0 Å². The summed E-state index contributed by atoms with van der Waals surface area (Å²) in [6, 6.07) is 4.94. The van der Waals surface area contributed by atoms with Gasteiger partial charge in [0.05, 0.1) is 16.9 Å². The number of carbonyl (C=O) groups is 2. The number of nitro groups is 1. The van der Waals surface area contributed by atoms with Crippen LogP contribution < -0.4 is 0 Å². The molecule has 8 heteroatoms. The molecule has 26 heavy (non-hydrogen) atoms. The second-order valence-corrected chi connectivity index (χ2v) is 7.67. The SMILES string of the molecule is CCCCOC(=O)[C@H]1CS[C@@H](C(C)C)N1C(=O)c1cccc([N+](=O)[O-])c1. The van der Waals surface area contributed by atoms with Crippen LogP contribution in [-0.4, -0.2) is 45.5 Å². The summed E-state index contributed by atoms with van der Waals surface area (Å²) >= 11 is 1.54. The third kappa shape index (κ3) is 4.55. The van der Waals surface area contributed by atoms with Gasteiger partial charge >= 0.3 is 5.97 Å². The number of hydrogen-bond acceptors (Lipinski definition) is 6. The number of rotatable bonds is 7. The van der Waals surface area contributed by atoms with Gasteiger partial charge in [0, 0.05) is 23.4 Å². The molecular formula is C18H24N2O5S. The lowest BCUT2D eigenvalue weighted by Gasteiger charge is -2.30. The highest BCUT2D eigenvalue weighted by Crippen LogP contribution is 2.36. The van der Waals surface area contributed by atoms with Crippen molar-refractivity contribution in [3.05, 3.63) is 39.9 Å². The van der Waals surface area contributed by atoms with Gasteiger partial charge in [-0.05, 0) is 18.4 Å². The van der Waals surface area contributed by atoms with Gasteiger partial charge in [0.1, 0.15) is 6.04 Å². The normalized spacial score (nSPS) is 19.6. The zero-order chi connectivity index (χ0) is 19.3. The topological polar surface area (TPSA) is 89.8 Å². The summed E-state index contributed by atoms with van der Waals surface area (Å²) < 4.78 is 5.32. The standard InChI is InChI=1S/C18H24N2O5S/c1-4-5-9-25-18(22)15-11-26-17(12(2)3)19(15)16(21)13-7-6-8-14(10-13)20(23)24/h6-8,10,12,15,17H,4-5,9,11H2,1-3H3/t15-,17+/m1/s1. The second-order valence-electron chi connectivity index (χ2n) is 6.52. The van der Waals surface area contributed by atoms with E-state index in [4.69, 9.17) is 4.74 Å². The van der Waals surface area contributed by atoms with Gasteiger partial charge in [-0.25, -0.2) is 4.79 Å². The van der Waals surface area contributed by atoms with Crippen LogP contribution in [-0.2, 0) is 9.53 Å². The molecule has 0 aliphatic carbocycles. The van der Waals surface area contributed by atoms with Crippen LogP contribution in [0.4, 0.5) is 5.69 Å². The van der Waals surface area contributed by atoms with Crippen molar-refractivity contribution >= 4 is 29.3 Å². The Morgan fingerprint density at radius 3 is 2.77 bits per heavy atom. The number of thioether (sulfide) groups is 1. The number of nitro benzene ring substituents is 1. The summed E-state index contributed by atoms with van der Waals surface area (Å²) in [6.07, 6.45) is 1.69. The molecule has 0 radical (unpaired) electrons. The minimum absolute atomic E-state index is 0.135. The van der Waals surface area contributed by atoms with Crippen molar-refractivity contribution in [2.75, 3.05) is 12.4 Å². The molecule has 7 nitrogen and oxygen atoms in total. The first kappa shape index (κ1) is 20.2. The lowest BCUT2D eigenvalue weighted by molar-refractivity contribution is -0.384. The molecule has 1 saturated heterocycles. The van der Waals surface area contributed by atoms with Crippen LogP contribution in [0.1, 0.15) is 44.0 Å². The maximum absolute atomic E-state index is 13.1. The van der Waals surface area contributed by atoms with Gasteiger partial charge < -0.3 is 9.64 Å². The highest BCUT2D eigenvalue weighted by atomic mass is 32.2. The van der Waals surface area contributed by atoms with Crippen molar-refractivity contribution in [2.24, 2.45) is 5.92 Å². The highest BCUT2D eigenvalue weighted by Gasteiger charge is 2.44. The Morgan fingerprint density at radius 2 is 2.15 bits per heavy atom. The lowest BCUT2D eigenvalue weighted by atomic mass is 10.1. The molecule has 1 aromatic rings. The average molecular weight is 380 g/mol. The molecule has 0 unspecified atom stereocenters. The van der Waals surface area contributed by atoms with E-state index in [9.17, 15) is 19.7 Å². The van der Waals surface area contributed by atoms with E-state index in [1.54, 1.807) is 0 Å². The molecule has 1 fully saturated rings. The molecule has 0 spiro atoms. The maximum atomic E-state index is 13.1. The molecule has 1 aromatic carbocycles. The summed E-state index contributed by atoms with van der Waals surface area (Å²) in [7, 11) is 0. The number of amides is 1. The first-order chi connectivity index (χ1) is 12.4. The third-order valence-electron chi connectivity index (χ3n) is 4.16. The van der Waals surface area contributed by atoms with E-state index in [0.29, 0.717) is 12.4 Å². The molecule has 1 amide bonds. The molecule has 0 bridgehead atoms. The summed E-state index contributed by atoms with van der Waals surface area (Å²) in [5, 5.41) is 10.8. The predicted octanol–water partition coefficient (Wildman–Crippen LogP) is 3.48. The molecule has 0 aromatic heterocycles. The fourth-order valence-electron chi connectivity index (χ4n) is 2.79.